The lowest BCUT2D eigenvalue weighted by molar-refractivity contribution is 0.358. The largest absolute Gasteiger partial charge is 0.455 e. The molecule has 0 aliphatic heterocycles. The number of hydrogen-bond donors (Lipinski definition) is 0. The molecule has 10 unspecified atom stereocenters. The molecule has 9 aromatic rings. The predicted molar refractivity (Wildman–Crippen MR) is 560 cm³/mol. The molecule has 17 rings (SSSR count). The van der Waals surface area contributed by atoms with E-state index in [9.17, 15) is 0 Å². The van der Waals surface area contributed by atoms with Crippen molar-refractivity contribution in [2.75, 3.05) is 7.11 Å². The first-order valence-electron chi connectivity index (χ1n) is 48.1. The lowest BCUT2D eigenvalue weighted by atomic mass is 9.70. The molecule has 654 valence electrons. The summed E-state index contributed by atoms with van der Waals surface area (Å²) in [5, 5.41) is 1.96. The van der Waals surface area contributed by atoms with Crippen LogP contribution in [0.5, 0.6) is 0 Å². The highest BCUT2D eigenvalue weighted by molar-refractivity contribution is 6.89. The van der Waals surface area contributed by atoms with Crippen LogP contribution in [0.3, 0.4) is 0 Å². The molecule has 0 saturated carbocycles. The highest BCUT2D eigenvalue weighted by atomic mass is 28.4. The molecular weight excluding hydrogens is 1660 g/mol. The summed E-state index contributed by atoms with van der Waals surface area (Å²) in [7, 11) is -17.7. The van der Waals surface area contributed by atoms with Crippen LogP contribution in [0.1, 0.15) is 181 Å². The first-order valence-corrected chi connectivity index (χ1v) is 76.3. The molecule has 10 atom stereocenters. The number of fused-ring (bicyclic) bond motifs is 8. The van der Waals surface area contributed by atoms with Gasteiger partial charge in [-0.25, -0.2) is 0 Å². The Balaban J connectivity index is 0.719. The fourth-order valence-electron chi connectivity index (χ4n) is 24.3. The summed E-state index contributed by atoms with van der Waals surface area (Å²) >= 11 is 0. The molecule has 0 amide bonds. The van der Waals surface area contributed by atoms with Gasteiger partial charge in [0.2, 0.25) is 0 Å². The van der Waals surface area contributed by atoms with E-state index in [4.69, 9.17) is 16.8 Å². The van der Waals surface area contributed by atoms with Gasteiger partial charge in [0.05, 0.1) is 16.1 Å². The van der Waals surface area contributed by atoms with Crippen LogP contribution in [0.15, 0.2) is 187 Å². The van der Waals surface area contributed by atoms with Crippen LogP contribution in [0.25, 0.3) is 37.5 Å². The SMILES string of the molecule is C=c1ccc(C=C[Si](C)(C)O[Si](C)(C)C2Cc3cc(C4C(C[Si](C)(C)O[Si](C)(C)C5Cc6ccc(C7Cc8cc(C=C[Si](C)(C)C)ccc8CC7[Si](C)(C)O[Si](C)(C)C=Cc7ccc8c(c7)CC8)cc6CC5c5ccc6c(c5)CC6)c5ccc(C6CCc7cc(C=C[Si](C)(C)C)ccc7C6)cc5CC4[Si](C)(C)OC)ccc3CC2c2ccc3c(c2)CC3)cc1=C. The molecule has 0 fully saturated rings. The van der Waals surface area contributed by atoms with E-state index in [0.29, 0.717) is 45.8 Å². The second kappa shape index (κ2) is 34.6. The average Bonchev–Trinajstić information content (AvgIpc) is 0.692. The average molecular weight is 1810 g/mol. The zero-order valence-electron chi connectivity index (χ0n) is 80.0. The van der Waals surface area contributed by atoms with Crippen molar-refractivity contribution in [3.05, 3.63) is 336 Å². The van der Waals surface area contributed by atoms with E-state index >= 15 is 0 Å². The minimum absolute atomic E-state index is 0.247. The maximum Gasteiger partial charge on any atom is 0.198 e. The van der Waals surface area contributed by atoms with E-state index in [1.165, 1.54) is 134 Å². The van der Waals surface area contributed by atoms with Crippen LogP contribution in [0, 0.1) is 0 Å². The van der Waals surface area contributed by atoms with E-state index in [1.807, 2.05) is 0 Å². The standard InChI is InChI=1S/C112H146O4Si9/c1-76-24-25-78(58-77(76)2)52-56-119(10,11)115-124(20,21)110-73-101-67-98(47-43-92(101)68-104(110)95-44-35-83-33-38-87(83)63-95)112-107(103-49-48-91(65-102(103)74-111(112)122(16,17)113-3)90-41-40-86-60-79(27-30-89(86)62-90)50-54-117(4,5)6)75-121(14,15)116-125(22,23)109-72-94-42-46-97(66-100(94)70-106(109)96-45-36-84-34-39-88(84)64-96)105-69-99-61-80(51-55-118(7,8)9)28-31-93(99)71-108(105)123(18,19)114-120(12,13)57-53-81-26-29-82-32-37-85(82)59-81/h24-31,35-36,42-61,63-67,90,104-112H,1-2,32-34,37-41,62,68-75H2,3-23H3. The van der Waals surface area contributed by atoms with Gasteiger partial charge in [-0.15, -0.1) is 0 Å². The molecule has 0 heterocycles. The van der Waals surface area contributed by atoms with Crippen LogP contribution < -0.4 is 10.4 Å². The molecule has 0 radical (unpaired) electrons. The van der Waals surface area contributed by atoms with Gasteiger partial charge in [0.1, 0.15) is 0 Å². The molecule has 0 aromatic heterocycles. The van der Waals surface area contributed by atoms with Gasteiger partial charge >= 0.3 is 0 Å². The van der Waals surface area contributed by atoms with Gasteiger partial charge in [0, 0.05) is 7.11 Å². The second-order valence-corrected chi connectivity index (χ2v) is 85.9. The Labute approximate surface area is 763 Å². The van der Waals surface area contributed by atoms with E-state index in [-0.39, 0.29) is 11.8 Å². The van der Waals surface area contributed by atoms with Crippen molar-refractivity contribution in [3.8, 4) is 0 Å². The third kappa shape index (κ3) is 19.9. The van der Waals surface area contributed by atoms with Crippen molar-refractivity contribution in [2.24, 2.45) is 0 Å². The van der Waals surface area contributed by atoms with Gasteiger partial charge in [-0.2, -0.15) is 0 Å². The van der Waals surface area contributed by atoms with Crippen molar-refractivity contribution < 1.29 is 16.8 Å². The molecule has 9 aromatic carbocycles. The van der Waals surface area contributed by atoms with Crippen molar-refractivity contribution in [1.29, 1.82) is 0 Å². The van der Waals surface area contributed by atoms with Crippen LogP contribution in [-0.4, -0.2) is 81.5 Å². The Bertz CT molecular complexity index is 5860. The predicted octanol–water partition coefficient (Wildman–Crippen LogP) is 27.7. The Morgan fingerprint density at radius 3 is 1.13 bits per heavy atom. The monoisotopic (exact) mass is 1810 g/mol. The van der Waals surface area contributed by atoms with E-state index < -0.39 is 74.4 Å². The van der Waals surface area contributed by atoms with E-state index in [1.54, 1.807) is 50.1 Å². The second-order valence-electron chi connectivity index (χ2n) is 46.1. The quantitative estimate of drug-likeness (QED) is 0.0506. The van der Waals surface area contributed by atoms with Crippen LogP contribution in [0.4, 0.5) is 0 Å². The number of rotatable bonds is 26. The highest BCUT2D eigenvalue weighted by Crippen LogP contribution is 2.59. The summed E-state index contributed by atoms with van der Waals surface area (Å²) in [6.45, 7) is 59.0. The fraction of sp³-hybridized carbons (Fsp3) is 0.429. The normalized spacial score (nSPS) is 22.8. The van der Waals surface area contributed by atoms with Gasteiger partial charge in [-0.05, 0) is 414 Å². The Morgan fingerprint density at radius 1 is 0.296 bits per heavy atom. The van der Waals surface area contributed by atoms with E-state index in [2.05, 4.69) is 362 Å². The maximum atomic E-state index is 8.62. The van der Waals surface area contributed by atoms with Crippen LogP contribution in [-0.2, 0) is 113 Å². The number of benzene rings is 9. The topological polar surface area (TPSA) is 36.9 Å². The minimum Gasteiger partial charge on any atom is -0.455 e. The fourth-order valence-corrected chi connectivity index (χ4v) is 55.9. The number of aryl methyl sites for hydroxylation is 7. The zero-order valence-corrected chi connectivity index (χ0v) is 89.0. The summed E-state index contributed by atoms with van der Waals surface area (Å²) < 4.78 is 31.5. The van der Waals surface area contributed by atoms with Gasteiger partial charge < -0.3 is 16.8 Å². The maximum absolute atomic E-state index is 8.62. The molecule has 0 bridgehead atoms. The summed E-state index contributed by atoms with van der Waals surface area (Å²) in [5.74, 6) is 2.07. The van der Waals surface area contributed by atoms with Gasteiger partial charge in [0.15, 0.2) is 58.2 Å². The minimum atomic E-state index is -2.61. The molecule has 125 heavy (non-hydrogen) atoms. The lowest BCUT2D eigenvalue weighted by Gasteiger charge is -2.50. The van der Waals surface area contributed by atoms with Crippen LogP contribution >= 0.6 is 0 Å². The zero-order chi connectivity index (χ0) is 88.5. The summed E-state index contributed by atoms with van der Waals surface area (Å²) in [4.78, 5) is 0. The molecule has 13 heteroatoms. The van der Waals surface area contributed by atoms with Gasteiger partial charge in [0.25, 0.3) is 0 Å². The van der Waals surface area contributed by atoms with E-state index in [0.717, 1.165) is 74.3 Å². The first-order chi connectivity index (χ1) is 59.0. The molecular formula is C112H146O4Si9. The molecule has 8 aliphatic carbocycles. The van der Waals surface area contributed by atoms with Gasteiger partial charge in [-0.3, -0.25) is 0 Å². The Hall–Kier alpha value is -6.53. The Morgan fingerprint density at radius 2 is 0.648 bits per heavy atom. The smallest absolute Gasteiger partial charge is 0.198 e. The van der Waals surface area contributed by atoms with Gasteiger partial charge in [-0.1, -0.05) is 257 Å². The highest BCUT2D eigenvalue weighted by Gasteiger charge is 2.54. The Kier molecular flexibility index (Phi) is 25.1. The summed E-state index contributed by atoms with van der Waals surface area (Å²) in [6.07, 6.45) is 27.4. The van der Waals surface area contributed by atoms with Crippen molar-refractivity contribution in [3.63, 3.8) is 0 Å². The molecule has 0 N–H and O–H groups in total. The third-order valence-electron chi connectivity index (χ3n) is 31.5. The molecule has 0 saturated heterocycles. The lowest BCUT2D eigenvalue weighted by Crippen LogP contribution is -2.52. The van der Waals surface area contributed by atoms with Crippen LogP contribution in [0.2, 0.25) is 159 Å². The summed E-state index contributed by atoms with van der Waals surface area (Å²) in [6, 6.07) is 68.8. The molecule has 4 nitrogen and oxygen atoms in total. The third-order valence-corrected chi connectivity index (χ3v) is 60.5. The molecule has 0 spiro atoms. The summed E-state index contributed by atoms with van der Waals surface area (Å²) in [5.41, 5.74) is 49.0. The van der Waals surface area contributed by atoms with Crippen molar-refractivity contribution in [1.82, 2.24) is 0 Å². The first kappa shape index (κ1) is 90.4. The molecule has 8 aliphatic rings. The number of hydrogen-bond acceptors (Lipinski definition) is 4. The van der Waals surface area contributed by atoms with Crippen molar-refractivity contribution >= 4 is 112 Å². The van der Waals surface area contributed by atoms with Crippen molar-refractivity contribution in [2.45, 2.75) is 297 Å².